The van der Waals surface area contributed by atoms with Crippen LogP contribution >= 0.6 is 0 Å². The van der Waals surface area contributed by atoms with Crippen LogP contribution in [0.3, 0.4) is 0 Å². The number of urea groups is 1. The van der Waals surface area contributed by atoms with E-state index >= 15 is 0 Å². The number of nitrogens with zero attached hydrogens (tertiary/aromatic N) is 2. The molecule has 3 amide bonds. The zero-order valence-corrected chi connectivity index (χ0v) is 16.5. The molecule has 0 aromatic heterocycles. The monoisotopic (exact) mass is 396 g/mol. The second-order valence-corrected chi connectivity index (χ2v) is 7.52. The molecule has 1 saturated heterocycles. The number of fused-ring (bicyclic) bond motifs is 1. The fourth-order valence-corrected chi connectivity index (χ4v) is 4.36. The third-order valence-electron chi connectivity index (χ3n) is 5.83. The lowest BCUT2D eigenvalue weighted by atomic mass is 9.90. The minimum Gasteiger partial charge on any atom is -0.348 e. The molecule has 2 N–H and O–H groups in total. The van der Waals surface area contributed by atoms with Crippen molar-refractivity contribution >= 4 is 17.6 Å². The molecule has 6 nitrogen and oxygen atoms in total. The normalized spacial score (nSPS) is 17.7. The minimum absolute atomic E-state index is 0.0608. The Balaban J connectivity index is 1.42. The second kappa shape index (κ2) is 7.73. The lowest BCUT2D eigenvalue weighted by Crippen LogP contribution is -2.68. The quantitative estimate of drug-likeness (QED) is 0.838. The Bertz CT molecular complexity index is 925. The molecule has 0 unspecified atom stereocenters. The molecule has 152 valence electrons. The van der Waals surface area contributed by atoms with Crippen LogP contribution in [0.2, 0.25) is 0 Å². The van der Waals surface area contributed by atoms with Crippen molar-refractivity contribution in [2.45, 2.75) is 32.0 Å². The Labute approximate surface area is 169 Å². The molecule has 1 fully saturated rings. The molecule has 2 heterocycles. The Morgan fingerprint density at radius 1 is 1.17 bits per heavy atom. The van der Waals surface area contributed by atoms with E-state index < -0.39 is 5.66 Å². The maximum Gasteiger partial charge on any atom is 0.317 e. The largest absolute Gasteiger partial charge is 0.348 e. The van der Waals surface area contributed by atoms with Crippen LogP contribution in [0.25, 0.3) is 0 Å². The molecule has 2 aliphatic heterocycles. The molecule has 0 saturated carbocycles. The lowest BCUT2D eigenvalue weighted by molar-refractivity contribution is 0.0802. The molecular formula is C22H25FN4O2. The van der Waals surface area contributed by atoms with Crippen molar-refractivity contribution in [1.82, 2.24) is 15.5 Å². The van der Waals surface area contributed by atoms with Gasteiger partial charge in [0, 0.05) is 39.0 Å². The van der Waals surface area contributed by atoms with Gasteiger partial charge in [-0.05, 0) is 36.8 Å². The molecule has 0 aliphatic carbocycles. The molecule has 1 spiro atoms. The highest BCUT2D eigenvalue weighted by atomic mass is 19.1. The SMILES string of the molecule is CCN1c2ccccc2C(=O)NC12CCN(C(=O)NCc1cccc(F)c1)CC2. The average molecular weight is 396 g/mol. The van der Waals surface area contributed by atoms with Gasteiger partial charge >= 0.3 is 6.03 Å². The predicted molar refractivity (Wildman–Crippen MR) is 109 cm³/mol. The predicted octanol–water partition coefficient (Wildman–Crippen LogP) is 3.10. The molecule has 29 heavy (non-hydrogen) atoms. The first kappa shape index (κ1) is 19.2. The highest BCUT2D eigenvalue weighted by molar-refractivity contribution is 6.02. The van der Waals surface area contributed by atoms with Crippen molar-refractivity contribution in [3.8, 4) is 0 Å². The van der Waals surface area contributed by atoms with Crippen molar-refractivity contribution in [3.63, 3.8) is 0 Å². The number of benzene rings is 2. The zero-order valence-electron chi connectivity index (χ0n) is 16.5. The number of nitrogens with one attached hydrogen (secondary N) is 2. The maximum atomic E-state index is 13.3. The number of likely N-dealkylation sites (tertiary alicyclic amines) is 1. The van der Waals surface area contributed by atoms with Crippen LogP contribution in [0.15, 0.2) is 48.5 Å². The first-order chi connectivity index (χ1) is 14.0. The van der Waals surface area contributed by atoms with Gasteiger partial charge in [0.25, 0.3) is 5.91 Å². The molecule has 2 aromatic carbocycles. The van der Waals surface area contributed by atoms with E-state index in [0.29, 0.717) is 31.5 Å². The highest BCUT2D eigenvalue weighted by Gasteiger charge is 2.45. The van der Waals surface area contributed by atoms with Gasteiger partial charge in [0.2, 0.25) is 0 Å². The number of hydrogen-bond acceptors (Lipinski definition) is 3. The summed E-state index contributed by atoms with van der Waals surface area (Å²) in [6, 6.07) is 13.7. The number of carbonyl (C=O) groups is 2. The molecule has 0 atom stereocenters. The molecule has 2 aliphatic rings. The summed E-state index contributed by atoms with van der Waals surface area (Å²) in [4.78, 5) is 29.2. The Morgan fingerprint density at radius 3 is 2.66 bits per heavy atom. The maximum absolute atomic E-state index is 13.3. The lowest BCUT2D eigenvalue weighted by Gasteiger charge is -2.52. The smallest absolute Gasteiger partial charge is 0.317 e. The van der Waals surface area contributed by atoms with Gasteiger partial charge in [0.1, 0.15) is 11.5 Å². The summed E-state index contributed by atoms with van der Waals surface area (Å²) in [7, 11) is 0. The van der Waals surface area contributed by atoms with Crippen molar-refractivity contribution < 1.29 is 14.0 Å². The van der Waals surface area contributed by atoms with Gasteiger partial charge in [-0.2, -0.15) is 0 Å². The van der Waals surface area contributed by atoms with Crippen LogP contribution in [0, 0.1) is 5.82 Å². The highest BCUT2D eigenvalue weighted by Crippen LogP contribution is 2.37. The van der Waals surface area contributed by atoms with Crippen LogP contribution in [0.4, 0.5) is 14.9 Å². The Kier molecular flexibility index (Phi) is 5.13. The number of anilines is 1. The Hall–Kier alpha value is -3.09. The number of halogens is 1. The van der Waals surface area contributed by atoms with E-state index in [4.69, 9.17) is 0 Å². The summed E-state index contributed by atoms with van der Waals surface area (Å²) < 4.78 is 13.3. The number of hydrogen-bond donors (Lipinski definition) is 2. The van der Waals surface area contributed by atoms with Gasteiger partial charge in [0.15, 0.2) is 0 Å². The summed E-state index contributed by atoms with van der Waals surface area (Å²) in [5.41, 5.74) is 1.89. The summed E-state index contributed by atoms with van der Waals surface area (Å²) in [6.07, 6.45) is 1.29. The molecule has 0 radical (unpaired) electrons. The molecule has 4 rings (SSSR count). The zero-order chi connectivity index (χ0) is 20.4. The summed E-state index contributed by atoms with van der Waals surface area (Å²) in [6.45, 7) is 4.20. The van der Waals surface area contributed by atoms with E-state index in [1.165, 1.54) is 12.1 Å². The molecular weight excluding hydrogens is 371 g/mol. The first-order valence-corrected chi connectivity index (χ1v) is 9.99. The van der Waals surface area contributed by atoms with Crippen LogP contribution < -0.4 is 15.5 Å². The van der Waals surface area contributed by atoms with E-state index in [0.717, 1.165) is 17.8 Å². The standard InChI is InChI=1S/C22H25FN4O2/c1-2-27-19-9-4-3-8-18(19)20(28)25-22(27)10-12-26(13-11-22)21(29)24-15-16-6-5-7-17(23)14-16/h3-9,14H,2,10-13,15H2,1H3,(H,24,29)(H,25,28). The second-order valence-electron chi connectivity index (χ2n) is 7.52. The summed E-state index contributed by atoms with van der Waals surface area (Å²) >= 11 is 0. The van der Waals surface area contributed by atoms with Crippen molar-refractivity contribution in [2.24, 2.45) is 0 Å². The minimum atomic E-state index is -0.473. The third kappa shape index (κ3) is 3.64. The summed E-state index contributed by atoms with van der Waals surface area (Å²) in [5.74, 6) is -0.376. The number of carbonyl (C=O) groups excluding carboxylic acids is 2. The number of amides is 3. The number of para-hydroxylation sites is 1. The van der Waals surface area contributed by atoms with Gasteiger partial charge in [-0.25, -0.2) is 9.18 Å². The van der Waals surface area contributed by atoms with E-state index in [1.807, 2.05) is 24.3 Å². The fraction of sp³-hybridized carbons (Fsp3) is 0.364. The first-order valence-electron chi connectivity index (χ1n) is 9.99. The van der Waals surface area contributed by atoms with Crippen LogP contribution in [-0.4, -0.2) is 42.1 Å². The van der Waals surface area contributed by atoms with Crippen LogP contribution in [-0.2, 0) is 6.54 Å². The molecule has 0 bridgehead atoms. The van der Waals surface area contributed by atoms with E-state index in [9.17, 15) is 14.0 Å². The van der Waals surface area contributed by atoms with E-state index in [-0.39, 0.29) is 24.3 Å². The van der Waals surface area contributed by atoms with Crippen molar-refractivity contribution in [3.05, 3.63) is 65.5 Å². The topological polar surface area (TPSA) is 64.7 Å². The summed E-state index contributed by atoms with van der Waals surface area (Å²) in [5, 5.41) is 6.06. The number of piperidine rings is 1. The molecule has 7 heteroatoms. The van der Waals surface area contributed by atoms with E-state index in [2.05, 4.69) is 22.5 Å². The van der Waals surface area contributed by atoms with Gasteiger partial charge in [0.05, 0.1) is 11.3 Å². The van der Waals surface area contributed by atoms with Crippen LogP contribution in [0.5, 0.6) is 0 Å². The van der Waals surface area contributed by atoms with Gasteiger partial charge < -0.3 is 20.4 Å². The van der Waals surface area contributed by atoms with Gasteiger partial charge in [-0.1, -0.05) is 24.3 Å². The Morgan fingerprint density at radius 2 is 1.93 bits per heavy atom. The van der Waals surface area contributed by atoms with Crippen molar-refractivity contribution in [1.29, 1.82) is 0 Å². The van der Waals surface area contributed by atoms with Crippen LogP contribution in [0.1, 0.15) is 35.7 Å². The van der Waals surface area contributed by atoms with E-state index in [1.54, 1.807) is 17.0 Å². The number of rotatable bonds is 3. The fourth-order valence-electron chi connectivity index (χ4n) is 4.36. The average Bonchev–Trinajstić information content (AvgIpc) is 2.73. The van der Waals surface area contributed by atoms with Gasteiger partial charge in [-0.3, -0.25) is 4.79 Å². The third-order valence-corrected chi connectivity index (χ3v) is 5.83. The van der Waals surface area contributed by atoms with Crippen molar-refractivity contribution in [2.75, 3.05) is 24.5 Å². The van der Waals surface area contributed by atoms with Gasteiger partial charge in [-0.15, -0.1) is 0 Å². The molecule has 2 aromatic rings.